The first-order valence-corrected chi connectivity index (χ1v) is 7.06. The molecule has 6 heteroatoms. The van der Waals surface area contributed by atoms with Crippen molar-refractivity contribution in [3.8, 4) is 16.9 Å². The van der Waals surface area contributed by atoms with Gasteiger partial charge in [0.15, 0.2) is 0 Å². The van der Waals surface area contributed by atoms with Crippen molar-refractivity contribution < 1.29 is 17.0 Å². The van der Waals surface area contributed by atoms with E-state index in [2.05, 4.69) is 0 Å². The van der Waals surface area contributed by atoms with Crippen LogP contribution in [-0.4, -0.2) is 15.5 Å². The maximum atomic E-state index is 12.8. The summed E-state index contributed by atoms with van der Waals surface area (Å²) in [5, 5.41) is 0.526. The second-order valence-electron chi connectivity index (χ2n) is 3.81. The Morgan fingerprint density at radius 3 is 2.26 bits per heavy atom. The Labute approximate surface area is 115 Å². The van der Waals surface area contributed by atoms with E-state index < -0.39 is 10.2 Å². The first kappa shape index (κ1) is 13.8. The van der Waals surface area contributed by atoms with Gasteiger partial charge in [0, 0.05) is 10.6 Å². The van der Waals surface area contributed by atoms with E-state index in [0.29, 0.717) is 21.9 Å². The molecule has 2 aromatic rings. The number of methoxy groups -OCH3 is 1. The van der Waals surface area contributed by atoms with E-state index in [9.17, 15) is 12.3 Å². The number of ether oxygens (including phenoxy) is 1. The number of benzene rings is 2. The molecule has 0 heterocycles. The van der Waals surface area contributed by atoms with Crippen LogP contribution in [0.5, 0.6) is 5.75 Å². The molecule has 3 nitrogen and oxygen atoms in total. The molecule has 0 amide bonds. The number of halogens is 2. The van der Waals surface area contributed by atoms with Crippen LogP contribution in [-0.2, 0) is 10.2 Å². The summed E-state index contributed by atoms with van der Waals surface area (Å²) in [6.45, 7) is 0. The molecule has 2 aromatic carbocycles. The van der Waals surface area contributed by atoms with E-state index in [4.69, 9.17) is 16.3 Å². The van der Waals surface area contributed by atoms with E-state index in [1.165, 1.54) is 31.4 Å². The van der Waals surface area contributed by atoms with Gasteiger partial charge in [-0.3, -0.25) is 0 Å². The molecule has 0 aliphatic rings. The molecule has 0 aromatic heterocycles. The Balaban J connectivity index is 2.51. The molecule has 0 spiro atoms. The van der Waals surface area contributed by atoms with Gasteiger partial charge in [0.1, 0.15) is 5.75 Å². The normalized spacial score (nSPS) is 11.3. The molecule has 0 N–H and O–H groups in total. The Morgan fingerprint density at radius 1 is 1.11 bits per heavy atom. The van der Waals surface area contributed by atoms with Gasteiger partial charge < -0.3 is 4.74 Å². The molecule has 0 atom stereocenters. The molecule has 0 aliphatic carbocycles. The minimum Gasteiger partial charge on any atom is -0.496 e. The fourth-order valence-electron chi connectivity index (χ4n) is 1.70. The second kappa shape index (κ2) is 5.19. The SMILES string of the molecule is COc1ccc(Cl)cc1-c1ccc(S(=O)(=O)F)cc1. The van der Waals surface area contributed by atoms with Crippen LogP contribution >= 0.6 is 11.6 Å². The maximum Gasteiger partial charge on any atom is 0.332 e. The van der Waals surface area contributed by atoms with Gasteiger partial charge in [-0.2, -0.15) is 8.42 Å². The largest absolute Gasteiger partial charge is 0.496 e. The van der Waals surface area contributed by atoms with Gasteiger partial charge in [-0.05, 0) is 35.9 Å². The van der Waals surface area contributed by atoms with Crippen LogP contribution in [0.2, 0.25) is 5.02 Å². The van der Waals surface area contributed by atoms with E-state index >= 15 is 0 Å². The van der Waals surface area contributed by atoms with Gasteiger partial charge >= 0.3 is 10.2 Å². The van der Waals surface area contributed by atoms with Crippen molar-refractivity contribution in [2.24, 2.45) is 0 Å². The molecule has 0 aliphatic heterocycles. The number of hydrogen-bond donors (Lipinski definition) is 0. The summed E-state index contributed by atoms with van der Waals surface area (Å²) in [4.78, 5) is -0.378. The molecule has 0 bridgehead atoms. The van der Waals surface area contributed by atoms with Crippen molar-refractivity contribution in [1.82, 2.24) is 0 Å². The summed E-state index contributed by atoms with van der Waals surface area (Å²) in [5.41, 5.74) is 1.39. The zero-order valence-corrected chi connectivity index (χ0v) is 11.5. The van der Waals surface area contributed by atoms with Crippen molar-refractivity contribution in [1.29, 1.82) is 0 Å². The summed E-state index contributed by atoms with van der Waals surface area (Å²) in [7, 11) is -3.16. The lowest BCUT2D eigenvalue weighted by Gasteiger charge is -2.09. The lowest BCUT2D eigenvalue weighted by atomic mass is 10.0. The number of rotatable bonds is 3. The van der Waals surface area contributed by atoms with Crippen LogP contribution in [0.1, 0.15) is 0 Å². The molecule has 2 rings (SSSR count). The van der Waals surface area contributed by atoms with Crippen molar-refractivity contribution >= 4 is 21.8 Å². The molecule has 0 fully saturated rings. The highest BCUT2D eigenvalue weighted by molar-refractivity contribution is 7.86. The lowest BCUT2D eigenvalue weighted by molar-refractivity contribution is 0.416. The second-order valence-corrected chi connectivity index (χ2v) is 5.59. The van der Waals surface area contributed by atoms with Crippen LogP contribution < -0.4 is 4.74 Å². The Bertz CT molecular complexity index is 696. The first-order chi connectivity index (χ1) is 8.91. The van der Waals surface area contributed by atoms with Gasteiger partial charge in [0.25, 0.3) is 0 Å². The third kappa shape index (κ3) is 3.05. The standard InChI is InChI=1S/C13H10ClFO3S/c1-18-13-7-4-10(14)8-12(13)9-2-5-11(6-3-9)19(15,16)17/h2-8H,1H3. The minimum atomic E-state index is -4.68. The fraction of sp³-hybridized carbons (Fsp3) is 0.0769. The highest BCUT2D eigenvalue weighted by atomic mass is 35.5. The van der Waals surface area contributed by atoms with Crippen molar-refractivity contribution in [3.63, 3.8) is 0 Å². The van der Waals surface area contributed by atoms with Crippen LogP contribution in [0.25, 0.3) is 11.1 Å². The van der Waals surface area contributed by atoms with Crippen molar-refractivity contribution in [2.75, 3.05) is 7.11 Å². The fourth-order valence-corrected chi connectivity index (χ4v) is 2.34. The van der Waals surface area contributed by atoms with E-state index in [0.717, 1.165) is 0 Å². The smallest absolute Gasteiger partial charge is 0.332 e. The van der Waals surface area contributed by atoms with Crippen molar-refractivity contribution in [3.05, 3.63) is 47.5 Å². The summed E-state index contributed by atoms with van der Waals surface area (Å²) >= 11 is 5.92. The van der Waals surface area contributed by atoms with Gasteiger partial charge in [-0.15, -0.1) is 3.89 Å². The molecule has 0 unspecified atom stereocenters. The van der Waals surface area contributed by atoms with Crippen LogP contribution in [0.4, 0.5) is 3.89 Å². The molecule has 0 saturated heterocycles. The third-order valence-electron chi connectivity index (χ3n) is 2.61. The predicted octanol–water partition coefficient (Wildman–Crippen LogP) is 3.67. The monoisotopic (exact) mass is 300 g/mol. The van der Waals surface area contributed by atoms with E-state index in [1.807, 2.05) is 0 Å². The molecular formula is C13H10ClFO3S. The van der Waals surface area contributed by atoms with Crippen LogP contribution in [0.15, 0.2) is 47.4 Å². The quantitative estimate of drug-likeness (QED) is 0.812. The highest BCUT2D eigenvalue weighted by Gasteiger charge is 2.12. The molecule has 0 saturated carbocycles. The van der Waals surface area contributed by atoms with E-state index in [1.54, 1.807) is 18.2 Å². The molecule has 0 radical (unpaired) electrons. The molecule has 100 valence electrons. The van der Waals surface area contributed by atoms with Crippen molar-refractivity contribution in [2.45, 2.75) is 4.90 Å². The summed E-state index contributed by atoms with van der Waals surface area (Å²) < 4.78 is 39.5. The number of hydrogen-bond acceptors (Lipinski definition) is 3. The topological polar surface area (TPSA) is 43.4 Å². The Morgan fingerprint density at radius 2 is 1.74 bits per heavy atom. The van der Waals surface area contributed by atoms with Crippen LogP contribution in [0.3, 0.4) is 0 Å². The zero-order chi connectivity index (χ0) is 14.0. The average Bonchev–Trinajstić information content (AvgIpc) is 2.38. The predicted molar refractivity (Wildman–Crippen MR) is 71.7 cm³/mol. The lowest BCUT2D eigenvalue weighted by Crippen LogP contribution is -1.92. The highest BCUT2D eigenvalue weighted by Crippen LogP contribution is 2.33. The van der Waals surface area contributed by atoms with E-state index in [-0.39, 0.29) is 4.90 Å². The van der Waals surface area contributed by atoms with Crippen LogP contribution in [0, 0.1) is 0 Å². The van der Waals surface area contributed by atoms with Gasteiger partial charge in [-0.1, -0.05) is 23.7 Å². The Kier molecular flexibility index (Phi) is 3.78. The van der Waals surface area contributed by atoms with Gasteiger partial charge in [0.05, 0.1) is 12.0 Å². The summed E-state index contributed by atoms with van der Waals surface area (Å²) in [6, 6.07) is 10.5. The average molecular weight is 301 g/mol. The first-order valence-electron chi connectivity index (χ1n) is 5.30. The summed E-state index contributed by atoms with van der Waals surface area (Å²) in [6.07, 6.45) is 0. The molecular weight excluding hydrogens is 291 g/mol. The maximum absolute atomic E-state index is 12.8. The summed E-state index contributed by atoms with van der Waals surface area (Å²) in [5.74, 6) is 0.597. The van der Waals surface area contributed by atoms with Gasteiger partial charge in [0.2, 0.25) is 0 Å². The minimum absolute atomic E-state index is 0.378. The Hall–Kier alpha value is -1.59. The zero-order valence-electron chi connectivity index (χ0n) is 9.93. The third-order valence-corrected chi connectivity index (χ3v) is 3.68. The van der Waals surface area contributed by atoms with Gasteiger partial charge in [-0.25, -0.2) is 0 Å². The molecule has 19 heavy (non-hydrogen) atoms.